The number of aromatic nitrogens is 1. The Morgan fingerprint density at radius 1 is 0.895 bits per heavy atom. The minimum atomic E-state index is -6.13. The molecule has 0 aromatic carbocycles. The van der Waals surface area contributed by atoms with Gasteiger partial charge in [-0.15, -0.1) is 0 Å². The maximum Gasteiger partial charge on any atom is 0.437 e. The summed E-state index contributed by atoms with van der Waals surface area (Å²) < 4.78 is 88.0. The first-order valence-corrected chi connectivity index (χ1v) is 5.20. The lowest BCUT2D eigenvalue weighted by molar-refractivity contribution is -0.350. The van der Waals surface area contributed by atoms with E-state index in [9.17, 15) is 30.7 Å². The predicted octanol–water partition coefficient (Wildman–Crippen LogP) is 4.49. The molecule has 0 radical (unpaired) electrons. The fourth-order valence-electron chi connectivity index (χ4n) is 1.40. The Balaban J connectivity index is 3.36. The van der Waals surface area contributed by atoms with Gasteiger partial charge >= 0.3 is 18.0 Å². The van der Waals surface area contributed by atoms with Crippen molar-refractivity contribution in [3.63, 3.8) is 0 Å². The van der Waals surface area contributed by atoms with Crippen LogP contribution in [0.15, 0.2) is 18.3 Å². The van der Waals surface area contributed by atoms with Crippen molar-refractivity contribution in [1.82, 2.24) is 4.98 Å². The normalized spacial score (nSPS) is 14.0. The quantitative estimate of drug-likeness (QED) is 0.731. The second-order valence-corrected chi connectivity index (χ2v) is 4.29. The van der Waals surface area contributed by atoms with Crippen molar-refractivity contribution < 1.29 is 30.7 Å². The lowest BCUT2D eigenvalue weighted by atomic mass is 9.97. The molecule has 1 nitrogen and oxygen atoms in total. The molecule has 0 amide bonds. The maximum atomic E-state index is 13.6. The number of pyridine rings is 1. The van der Waals surface area contributed by atoms with Crippen molar-refractivity contribution in [2.24, 2.45) is 0 Å². The van der Waals surface area contributed by atoms with Gasteiger partial charge in [-0.3, -0.25) is 4.98 Å². The first-order chi connectivity index (χ1) is 8.41. The number of halogens is 7. The van der Waals surface area contributed by atoms with Crippen LogP contribution in [0.2, 0.25) is 0 Å². The molecule has 1 heterocycles. The number of rotatable bonds is 2. The van der Waals surface area contributed by atoms with Crippen molar-refractivity contribution in [1.29, 1.82) is 0 Å². The molecule has 0 atom stereocenters. The van der Waals surface area contributed by atoms with E-state index >= 15 is 0 Å². The van der Waals surface area contributed by atoms with Gasteiger partial charge in [0.15, 0.2) is 0 Å². The molecule has 0 aliphatic carbocycles. The Morgan fingerprint density at radius 2 is 1.37 bits per heavy atom. The van der Waals surface area contributed by atoms with Crippen LogP contribution in [0.3, 0.4) is 0 Å². The smallest absolute Gasteiger partial charge is 0.257 e. The van der Waals surface area contributed by atoms with E-state index in [2.05, 4.69) is 4.98 Å². The molecule has 8 heteroatoms. The third kappa shape index (κ3) is 2.66. The highest BCUT2D eigenvalue weighted by Gasteiger charge is 2.74. The number of alkyl halides is 7. The summed E-state index contributed by atoms with van der Waals surface area (Å²) in [6.45, 7) is 3.35. The summed E-state index contributed by atoms with van der Waals surface area (Å²) >= 11 is 0. The van der Waals surface area contributed by atoms with Crippen LogP contribution in [-0.4, -0.2) is 17.3 Å². The third-order valence-corrected chi connectivity index (χ3v) is 2.59. The van der Waals surface area contributed by atoms with Gasteiger partial charge in [-0.1, -0.05) is 19.9 Å². The van der Waals surface area contributed by atoms with E-state index in [-0.39, 0.29) is 5.92 Å². The summed E-state index contributed by atoms with van der Waals surface area (Å²) in [7, 11) is 0. The molecule has 0 unspecified atom stereocenters. The summed E-state index contributed by atoms with van der Waals surface area (Å²) in [5, 5.41) is 0. The van der Waals surface area contributed by atoms with Crippen molar-refractivity contribution in [2.75, 3.05) is 0 Å². The van der Waals surface area contributed by atoms with Gasteiger partial charge in [-0.25, -0.2) is 4.39 Å². The van der Waals surface area contributed by atoms with E-state index in [1.54, 1.807) is 13.8 Å². The van der Waals surface area contributed by atoms with E-state index in [0.29, 0.717) is 11.6 Å². The van der Waals surface area contributed by atoms with E-state index in [0.717, 1.165) is 12.3 Å². The summed E-state index contributed by atoms with van der Waals surface area (Å²) in [6, 6.07) is 1.41. The molecular formula is C11H10F7N. The summed E-state index contributed by atoms with van der Waals surface area (Å²) in [6.07, 6.45) is -11.4. The monoisotopic (exact) mass is 289 g/mol. The van der Waals surface area contributed by atoms with Gasteiger partial charge in [0, 0.05) is 6.20 Å². The van der Waals surface area contributed by atoms with Gasteiger partial charge in [0.1, 0.15) is 0 Å². The molecule has 0 saturated carbocycles. The lowest BCUT2D eigenvalue weighted by Gasteiger charge is -2.29. The van der Waals surface area contributed by atoms with Crippen molar-refractivity contribution >= 4 is 0 Å². The highest BCUT2D eigenvalue weighted by Crippen LogP contribution is 2.52. The van der Waals surface area contributed by atoms with Crippen molar-refractivity contribution in [3.05, 3.63) is 29.6 Å². The van der Waals surface area contributed by atoms with Crippen LogP contribution in [0.4, 0.5) is 30.7 Å². The molecule has 1 aromatic heterocycles. The first-order valence-electron chi connectivity index (χ1n) is 5.20. The molecule has 19 heavy (non-hydrogen) atoms. The summed E-state index contributed by atoms with van der Waals surface area (Å²) in [4.78, 5) is 2.99. The Kier molecular flexibility index (Phi) is 3.84. The highest BCUT2D eigenvalue weighted by atomic mass is 19.4. The minimum absolute atomic E-state index is 0.146. The Labute approximate surface area is 104 Å². The van der Waals surface area contributed by atoms with Gasteiger partial charge < -0.3 is 0 Å². The molecule has 1 aromatic rings. The van der Waals surface area contributed by atoms with Crippen LogP contribution in [0.25, 0.3) is 0 Å². The predicted molar refractivity (Wildman–Crippen MR) is 53.2 cm³/mol. The molecular weight excluding hydrogens is 279 g/mol. The average Bonchev–Trinajstić information content (AvgIpc) is 2.25. The Bertz CT molecular complexity index is 416. The fourth-order valence-corrected chi connectivity index (χ4v) is 1.40. The van der Waals surface area contributed by atoms with Crippen molar-refractivity contribution in [3.8, 4) is 0 Å². The van der Waals surface area contributed by atoms with Crippen LogP contribution < -0.4 is 0 Å². The van der Waals surface area contributed by atoms with Gasteiger partial charge in [0.25, 0.3) is 0 Å². The minimum Gasteiger partial charge on any atom is -0.257 e. The number of nitrogens with zero attached hydrogens (tertiary/aromatic N) is 1. The number of hydrogen-bond acceptors (Lipinski definition) is 1. The second-order valence-electron chi connectivity index (χ2n) is 4.29. The molecule has 0 aliphatic heterocycles. The third-order valence-electron chi connectivity index (χ3n) is 2.59. The van der Waals surface area contributed by atoms with Gasteiger partial charge in [0.2, 0.25) is 0 Å². The molecule has 0 N–H and O–H groups in total. The van der Waals surface area contributed by atoms with Gasteiger partial charge in [-0.2, -0.15) is 26.3 Å². The SMILES string of the molecule is CC(C)c1ccc(C(F)(C(F)(F)F)C(F)(F)F)nc1. The summed E-state index contributed by atoms with van der Waals surface area (Å²) in [5.74, 6) is -0.146. The molecule has 0 spiro atoms. The standard InChI is InChI=1S/C11H10F7N/c1-6(2)7-3-4-8(19-5-7)9(12,10(13,14)15)11(16,17)18/h3-6H,1-2H3. The summed E-state index contributed by atoms with van der Waals surface area (Å²) in [5.41, 5.74) is -6.76. The highest BCUT2D eigenvalue weighted by molar-refractivity contribution is 5.24. The van der Waals surface area contributed by atoms with Crippen LogP contribution >= 0.6 is 0 Å². The van der Waals surface area contributed by atoms with Crippen molar-refractivity contribution in [2.45, 2.75) is 37.8 Å². The van der Waals surface area contributed by atoms with Crippen LogP contribution in [0.1, 0.15) is 31.0 Å². The molecule has 0 fully saturated rings. The molecule has 0 aliphatic rings. The van der Waals surface area contributed by atoms with E-state index in [1.807, 2.05) is 0 Å². The second kappa shape index (κ2) is 4.64. The van der Waals surface area contributed by atoms with Crippen LogP contribution in [0, 0.1) is 0 Å². The van der Waals surface area contributed by atoms with Crippen LogP contribution in [-0.2, 0) is 5.67 Å². The molecule has 0 bridgehead atoms. The maximum absolute atomic E-state index is 13.6. The zero-order chi connectivity index (χ0) is 15.1. The van der Waals surface area contributed by atoms with Crippen LogP contribution in [0.5, 0.6) is 0 Å². The average molecular weight is 289 g/mol. The topological polar surface area (TPSA) is 12.9 Å². The largest absolute Gasteiger partial charge is 0.437 e. The fraction of sp³-hybridized carbons (Fsp3) is 0.545. The first kappa shape index (κ1) is 15.7. The molecule has 0 saturated heterocycles. The molecule has 1 rings (SSSR count). The zero-order valence-corrected chi connectivity index (χ0v) is 9.90. The Morgan fingerprint density at radius 3 is 1.63 bits per heavy atom. The Hall–Kier alpha value is -1.34. The zero-order valence-electron chi connectivity index (χ0n) is 9.90. The number of hydrogen-bond donors (Lipinski definition) is 0. The van der Waals surface area contributed by atoms with E-state index in [4.69, 9.17) is 0 Å². The molecule has 108 valence electrons. The lowest BCUT2D eigenvalue weighted by Crippen LogP contribution is -2.50. The van der Waals surface area contributed by atoms with E-state index < -0.39 is 23.7 Å². The van der Waals surface area contributed by atoms with Gasteiger partial charge in [0.05, 0.1) is 5.69 Å². The van der Waals surface area contributed by atoms with Gasteiger partial charge in [-0.05, 0) is 17.5 Å². The van der Waals surface area contributed by atoms with E-state index in [1.165, 1.54) is 0 Å².